The number of hydrogen-bond donors (Lipinski definition) is 1. The molecule has 1 aromatic rings. The molecule has 2 bridgehead atoms. The highest BCUT2D eigenvalue weighted by Gasteiger charge is 2.36. The van der Waals surface area contributed by atoms with Crippen molar-refractivity contribution in [3.05, 3.63) is 23.8 Å². The third-order valence-corrected chi connectivity index (χ3v) is 5.03. The van der Waals surface area contributed by atoms with Gasteiger partial charge in [-0.15, -0.1) is 0 Å². The molecule has 2 fully saturated rings. The van der Waals surface area contributed by atoms with Gasteiger partial charge >= 0.3 is 0 Å². The summed E-state index contributed by atoms with van der Waals surface area (Å²) in [7, 11) is 3.51. The second-order valence-electron chi connectivity index (χ2n) is 6.48. The van der Waals surface area contributed by atoms with E-state index in [1.54, 1.807) is 13.2 Å². The van der Waals surface area contributed by atoms with Crippen LogP contribution in [-0.4, -0.2) is 49.7 Å². The Morgan fingerprint density at radius 3 is 2.57 bits per heavy atom. The molecule has 1 aromatic carbocycles. The van der Waals surface area contributed by atoms with Crippen molar-refractivity contribution in [1.82, 2.24) is 10.2 Å². The molecule has 3 rings (SSSR count). The van der Waals surface area contributed by atoms with Crippen molar-refractivity contribution in [1.29, 1.82) is 0 Å². The van der Waals surface area contributed by atoms with Crippen molar-refractivity contribution in [2.75, 3.05) is 20.8 Å². The monoisotopic (exact) mass is 318 g/mol. The van der Waals surface area contributed by atoms with Gasteiger partial charge in [0.15, 0.2) is 11.5 Å². The molecule has 0 aliphatic carbocycles. The van der Waals surface area contributed by atoms with Gasteiger partial charge in [-0.2, -0.15) is 0 Å². The fraction of sp³-hybridized carbons (Fsp3) is 0.611. The van der Waals surface area contributed by atoms with E-state index in [1.165, 1.54) is 12.8 Å². The first-order valence-corrected chi connectivity index (χ1v) is 8.46. The lowest BCUT2D eigenvalue weighted by molar-refractivity contribution is 0.0681. The number of benzene rings is 1. The van der Waals surface area contributed by atoms with E-state index in [0.29, 0.717) is 41.8 Å². The number of rotatable bonds is 5. The van der Waals surface area contributed by atoms with Crippen LogP contribution in [0, 0.1) is 0 Å². The van der Waals surface area contributed by atoms with Gasteiger partial charge in [-0.1, -0.05) is 0 Å². The summed E-state index contributed by atoms with van der Waals surface area (Å²) in [4.78, 5) is 14.7. The lowest BCUT2D eigenvalue weighted by Crippen LogP contribution is -2.48. The number of carbonyl (C=O) groups excluding carboxylic acids is 1. The third-order valence-electron chi connectivity index (χ3n) is 5.03. The minimum atomic E-state index is 0.0534. The van der Waals surface area contributed by atoms with Crippen molar-refractivity contribution in [3.63, 3.8) is 0 Å². The first kappa shape index (κ1) is 16.1. The molecule has 0 spiro atoms. The predicted molar refractivity (Wildman–Crippen MR) is 89.2 cm³/mol. The first-order valence-electron chi connectivity index (χ1n) is 8.46. The van der Waals surface area contributed by atoms with Crippen molar-refractivity contribution in [3.8, 4) is 11.5 Å². The molecule has 5 heteroatoms. The molecule has 0 saturated carbocycles. The van der Waals surface area contributed by atoms with Crippen molar-refractivity contribution in [2.45, 2.75) is 50.7 Å². The van der Waals surface area contributed by atoms with E-state index in [4.69, 9.17) is 9.47 Å². The molecule has 23 heavy (non-hydrogen) atoms. The maximum atomic E-state index is 12.8. The summed E-state index contributed by atoms with van der Waals surface area (Å²) in [6.07, 6.45) is 4.57. The summed E-state index contributed by atoms with van der Waals surface area (Å²) in [5.74, 6) is 1.34. The van der Waals surface area contributed by atoms with Gasteiger partial charge < -0.3 is 19.7 Å². The van der Waals surface area contributed by atoms with Crippen LogP contribution in [0.3, 0.4) is 0 Å². The SMILES string of the molecule is CCOc1ccc(C(=O)N(C)C2CC3CCC(C2)N3)cc1OC. The quantitative estimate of drug-likeness (QED) is 0.906. The van der Waals surface area contributed by atoms with Crippen molar-refractivity contribution >= 4 is 5.91 Å². The maximum Gasteiger partial charge on any atom is 0.253 e. The molecule has 2 unspecified atom stereocenters. The van der Waals surface area contributed by atoms with E-state index in [2.05, 4.69) is 5.32 Å². The number of carbonyl (C=O) groups is 1. The van der Waals surface area contributed by atoms with Crippen LogP contribution < -0.4 is 14.8 Å². The van der Waals surface area contributed by atoms with Gasteiger partial charge in [-0.05, 0) is 50.8 Å². The molecule has 2 atom stereocenters. The average molecular weight is 318 g/mol. The zero-order chi connectivity index (χ0) is 16.4. The third kappa shape index (κ3) is 3.29. The summed E-state index contributed by atoms with van der Waals surface area (Å²) in [5.41, 5.74) is 0.652. The molecular weight excluding hydrogens is 292 g/mol. The zero-order valence-electron chi connectivity index (χ0n) is 14.2. The molecular formula is C18H26N2O3. The smallest absolute Gasteiger partial charge is 0.253 e. The minimum Gasteiger partial charge on any atom is -0.493 e. The predicted octanol–water partition coefficient (Wildman–Crippen LogP) is 2.45. The lowest BCUT2D eigenvalue weighted by Gasteiger charge is -2.35. The van der Waals surface area contributed by atoms with Gasteiger partial charge in [0.2, 0.25) is 0 Å². The largest absolute Gasteiger partial charge is 0.493 e. The summed E-state index contributed by atoms with van der Waals surface area (Å²) in [6, 6.07) is 6.88. The molecule has 1 N–H and O–H groups in total. The Labute approximate surface area is 137 Å². The zero-order valence-corrected chi connectivity index (χ0v) is 14.2. The minimum absolute atomic E-state index is 0.0534. The molecule has 2 heterocycles. The van der Waals surface area contributed by atoms with Gasteiger partial charge in [0.25, 0.3) is 5.91 Å². The first-order chi connectivity index (χ1) is 11.1. The fourth-order valence-corrected chi connectivity index (χ4v) is 3.79. The Morgan fingerprint density at radius 1 is 1.26 bits per heavy atom. The van der Waals surface area contributed by atoms with Crippen LogP contribution in [0.15, 0.2) is 18.2 Å². The average Bonchev–Trinajstić information content (AvgIpc) is 2.92. The van der Waals surface area contributed by atoms with E-state index in [9.17, 15) is 4.79 Å². The van der Waals surface area contributed by atoms with E-state index in [1.807, 2.05) is 31.0 Å². The van der Waals surface area contributed by atoms with Gasteiger partial charge in [0, 0.05) is 30.7 Å². The Hall–Kier alpha value is -1.75. The number of ether oxygens (including phenoxy) is 2. The molecule has 2 aliphatic heterocycles. The Morgan fingerprint density at radius 2 is 1.96 bits per heavy atom. The van der Waals surface area contributed by atoms with Crippen LogP contribution in [0.25, 0.3) is 0 Å². The second-order valence-corrected chi connectivity index (χ2v) is 6.48. The fourth-order valence-electron chi connectivity index (χ4n) is 3.79. The summed E-state index contributed by atoms with van der Waals surface area (Å²) < 4.78 is 10.9. The Bertz CT molecular complexity index is 563. The highest BCUT2D eigenvalue weighted by molar-refractivity contribution is 5.95. The topological polar surface area (TPSA) is 50.8 Å². The standard InChI is InChI=1S/C18H26N2O3/c1-4-23-16-8-5-12(9-17(16)22-3)18(21)20(2)15-10-13-6-7-14(11-15)19-13/h5,8-9,13-15,19H,4,6-7,10-11H2,1-3H3. The van der Waals surface area contributed by atoms with Crippen LogP contribution in [0.4, 0.5) is 0 Å². The number of nitrogens with zero attached hydrogens (tertiary/aromatic N) is 1. The Kier molecular flexibility index (Phi) is 4.76. The number of nitrogens with one attached hydrogen (secondary N) is 1. The maximum absolute atomic E-state index is 12.8. The van der Waals surface area contributed by atoms with Crippen LogP contribution in [0.2, 0.25) is 0 Å². The molecule has 2 aliphatic rings. The van der Waals surface area contributed by atoms with Gasteiger partial charge in [-0.3, -0.25) is 4.79 Å². The van der Waals surface area contributed by atoms with Crippen LogP contribution in [-0.2, 0) is 0 Å². The van der Waals surface area contributed by atoms with Gasteiger partial charge in [0.1, 0.15) is 0 Å². The molecule has 0 radical (unpaired) electrons. The highest BCUT2D eigenvalue weighted by atomic mass is 16.5. The van der Waals surface area contributed by atoms with Crippen LogP contribution in [0.5, 0.6) is 11.5 Å². The summed E-state index contributed by atoms with van der Waals surface area (Å²) in [6.45, 7) is 2.50. The molecule has 1 amide bonds. The second kappa shape index (κ2) is 6.79. The van der Waals surface area contributed by atoms with Crippen molar-refractivity contribution < 1.29 is 14.3 Å². The molecule has 2 saturated heterocycles. The van der Waals surface area contributed by atoms with Crippen LogP contribution >= 0.6 is 0 Å². The molecule has 0 aromatic heterocycles. The van der Waals surface area contributed by atoms with Gasteiger partial charge in [-0.25, -0.2) is 0 Å². The van der Waals surface area contributed by atoms with Crippen molar-refractivity contribution in [2.24, 2.45) is 0 Å². The van der Waals surface area contributed by atoms with E-state index in [0.717, 1.165) is 12.8 Å². The molecule has 5 nitrogen and oxygen atoms in total. The number of hydrogen-bond acceptors (Lipinski definition) is 4. The van der Waals surface area contributed by atoms with Gasteiger partial charge in [0.05, 0.1) is 13.7 Å². The van der Waals surface area contributed by atoms with E-state index < -0.39 is 0 Å². The summed E-state index contributed by atoms with van der Waals surface area (Å²) in [5, 5.41) is 3.62. The van der Waals surface area contributed by atoms with Crippen LogP contribution in [0.1, 0.15) is 43.0 Å². The van der Waals surface area contributed by atoms with E-state index in [-0.39, 0.29) is 5.91 Å². The Balaban J connectivity index is 1.74. The summed E-state index contributed by atoms with van der Waals surface area (Å²) >= 11 is 0. The number of piperidine rings is 1. The molecule has 126 valence electrons. The number of fused-ring (bicyclic) bond motifs is 2. The highest BCUT2D eigenvalue weighted by Crippen LogP contribution is 2.31. The van der Waals surface area contributed by atoms with E-state index >= 15 is 0 Å². The number of amides is 1. The lowest BCUT2D eigenvalue weighted by atomic mass is 9.98. The number of methoxy groups -OCH3 is 1. The normalized spacial score (nSPS) is 26.0.